The van der Waals surface area contributed by atoms with E-state index in [1.54, 1.807) is 31.2 Å². The van der Waals surface area contributed by atoms with E-state index in [0.29, 0.717) is 29.6 Å². The Morgan fingerprint density at radius 2 is 2.00 bits per heavy atom. The highest BCUT2D eigenvalue weighted by Crippen LogP contribution is 2.35. The van der Waals surface area contributed by atoms with Gasteiger partial charge in [-0.15, -0.1) is 0 Å². The summed E-state index contributed by atoms with van der Waals surface area (Å²) in [4.78, 5) is 18.7. The molecule has 0 fully saturated rings. The number of urea groups is 1. The highest BCUT2D eigenvalue weighted by molar-refractivity contribution is 6.02. The quantitative estimate of drug-likeness (QED) is 0.508. The lowest BCUT2D eigenvalue weighted by Gasteiger charge is -2.17. The Kier molecular flexibility index (Phi) is 4.66. The molecular formula is C23H20N4O4. The van der Waals surface area contributed by atoms with Crippen molar-refractivity contribution in [3.8, 4) is 17.2 Å². The van der Waals surface area contributed by atoms with Crippen LogP contribution in [0.2, 0.25) is 0 Å². The van der Waals surface area contributed by atoms with E-state index in [1.165, 1.54) is 0 Å². The van der Waals surface area contributed by atoms with Crippen molar-refractivity contribution in [2.75, 3.05) is 23.9 Å². The largest absolute Gasteiger partial charge is 0.497 e. The molecule has 2 aromatic heterocycles. The first kappa shape index (κ1) is 18.9. The first-order valence-corrected chi connectivity index (χ1v) is 9.86. The summed E-state index contributed by atoms with van der Waals surface area (Å²) in [5, 5.41) is 7.47. The Labute approximate surface area is 178 Å². The standard InChI is InChI=1S/C23H20N4O4/c1-14-11-22(26-31-14)25-23(28)27-10-8-15-12-17(4-6-20(15)27)30-21-7-9-24-19-13-16(29-2)3-5-18(19)21/h3-7,9,11-13H,8,10H2,1-2H3,(H,25,26,28). The maximum absolute atomic E-state index is 12.6. The maximum Gasteiger partial charge on any atom is 0.327 e. The van der Waals surface area contributed by atoms with E-state index in [1.807, 2.05) is 42.5 Å². The maximum atomic E-state index is 12.6. The van der Waals surface area contributed by atoms with Crippen LogP contribution in [0.15, 0.2) is 59.3 Å². The molecule has 2 aromatic carbocycles. The van der Waals surface area contributed by atoms with E-state index in [2.05, 4.69) is 15.5 Å². The average Bonchev–Trinajstić information content (AvgIpc) is 3.39. The van der Waals surface area contributed by atoms with Crippen LogP contribution in [0.4, 0.5) is 16.3 Å². The van der Waals surface area contributed by atoms with Gasteiger partial charge in [0.2, 0.25) is 0 Å². The number of fused-ring (bicyclic) bond motifs is 2. The molecular weight excluding hydrogens is 396 g/mol. The van der Waals surface area contributed by atoms with E-state index in [-0.39, 0.29) is 6.03 Å². The van der Waals surface area contributed by atoms with Gasteiger partial charge in [0, 0.05) is 35.9 Å². The van der Waals surface area contributed by atoms with Gasteiger partial charge in [-0.3, -0.25) is 15.2 Å². The number of nitrogens with one attached hydrogen (secondary N) is 1. The highest BCUT2D eigenvalue weighted by atomic mass is 16.5. The zero-order valence-electron chi connectivity index (χ0n) is 17.1. The molecule has 0 saturated heterocycles. The second kappa shape index (κ2) is 7.64. The van der Waals surface area contributed by atoms with E-state index >= 15 is 0 Å². The molecule has 31 heavy (non-hydrogen) atoms. The van der Waals surface area contributed by atoms with E-state index in [4.69, 9.17) is 14.0 Å². The molecule has 0 radical (unpaired) electrons. The topological polar surface area (TPSA) is 89.7 Å². The van der Waals surface area contributed by atoms with E-state index < -0.39 is 0 Å². The molecule has 0 atom stereocenters. The van der Waals surface area contributed by atoms with Gasteiger partial charge in [0.15, 0.2) is 5.82 Å². The van der Waals surface area contributed by atoms with Gasteiger partial charge in [-0.25, -0.2) is 4.79 Å². The molecule has 0 bridgehead atoms. The average molecular weight is 416 g/mol. The molecule has 8 nitrogen and oxygen atoms in total. The summed E-state index contributed by atoms with van der Waals surface area (Å²) in [6, 6.07) is 14.7. The number of carbonyl (C=O) groups excluding carboxylic acids is 1. The lowest BCUT2D eigenvalue weighted by Crippen LogP contribution is -2.33. The molecule has 5 rings (SSSR count). The van der Waals surface area contributed by atoms with Crippen LogP contribution in [0.1, 0.15) is 11.3 Å². The van der Waals surface area contributed by atoms with Crippen LogP contribution in [0.3, 0.4) is 0 Å². The molecule has 4 aromatic rings. The van der Waals surface area contributed by atoms with Gasteiger partial charge in [0.1, 0.15) is 23.0 Å². The van der Waals surface area contributed by atoms with E-state index in [9.17, 15) is 4.79 Å². The second-order valence-electron chi connectivity index (χ2n) is 7.24. The van der Waals surface area contributed by atoms with Crippen LogP contribution >= 0.6 is 0 Å². The molecule has 0 aliphatic carbocycles. The lowest BCUT2D eigenvalue weighted by atomic mass is 10.1. The minimum atomic E-state index is -0.241. The Hall–Kier alpha value is -4.07. The fourth-order valence-corrected chi connectivity index (χ4v) is 3.70. The van der Waals surface area contributed by atoms with Crippen molar-refractivity contribution in [2.24, 2.45) is 0 Å². The number of pyridine rings is 1. The van der Waals surface area contributed by atoms with Gasteiger partial charge in [-0.05, 0) is 55.3 Å². The third-order valence-electron chi connectivity index (χ3n) is 5.19. The smallest absolute Gasteiger partial charge is 0.327 e. The second-order valence-corrected chi connectivity index (χ2v) is 7.24. The van der Waals surface area contributed by atoms with Gasteiger partial charge in [0.25, 0.3) is 0 Å². The Morgan fingerprint density at radius 3 is 2.81 bits per heavy atom. The predicted octanol–water partition coefficient (Wildman–Crippen LogP) is 4.93. The Morgan fingerprint density at radius 1 is 1.13 bits per heavy atom. The fraction of sp³-hybridized carbons (Fsp3) is 0.174. The first-order valence-electron chi connectivity index (χ1n) is 9.86. The monoisotopic (exact) mass is 416 g/mol. The number of benzene rings is 2. The third-order valence-corrected chi connectivity index (χ3v) is 5.19. The van der Waals surface area contributed by atoms with Crippen molar-refractivity contribution in [1.29, 1.82) is 0 Å². The predicted molar refractivity (Wildman–Crippen MR) is 116 cm³/mol. The lowest BCUT2D eigenvalue weighted by molar-refractivity contribution is 0.257. The van der Waals surface area contributed by atoms with Gasteiger partial charge in [0.05, 0.1) is 12.6 Å². The third kappa shape index (κ3) is 3.63. The van der Waals surface area contributed by atoms with Crippen LogP contribution < -0.4 is 19.7 Å². The number of aromatic nitrogens is 2. The van der Waals surface area contributed by atoms with Crippen LogP contribution in [-0.2, 0) is 6.42 Å². The van der Waals surface area contributed by atoms with Crippen LogP contribution in [0.5, 0.6) is 17.2 Å². The number of nitrogens with zero attached hydrogens (tertiary/aromatic N) is 3. The van der Waals surface area contributed by atoms with Crippen molar-refractivity contribution in [1.82, 2.24) is 10.1 Å². The Balaban J connectivity index is 1.37. The summed E-state index contributed by atoms with van der Waals surface area (Å²) in [7, 11) is 1.63. The number of amides is 2. The van der Waals surface area contributed by atoms with Crippen LogP contribution in [0, 0.1) is 6.92 Å². The number of carbonyl (C=O) groups is 1. The molecule has 0 unspecified atom stereocenters. The summed E-state index contributed by atoms with van der Waals surface area (Å²) in [6.45, 7) is 2.36. The molecule has 1 aliphatic heterocycles. The number of aryl methyl sites for hydroxylation is 1. The highest BCUT2D eigenvalue weighted by Gasteiger charge is 2.26. The number of hydrogen-bond donors (Lipinski definition) is 1. The summed E-state index contributed by atoms with van der Waals surface area (Å²) < 4.78 is 16.4. The van der Waals surface area contributed by atoms with Gasteiger partial charge in [-0.1, -0.05) is 5.16 Å². The van der Waals surface area contributed by atoms with Gasteiger partial charge in [-0.2, -0.15) is 0 Å². The summed E-state index contributed by atoms with van der Waals surface area (Å²) in [5.74, 6) is 3.20. The number of anilines is 2. The van der Waals surface area contributed by atoms with Crippen molar-refractivity contribution >= 4 is 28.4 Å². The number of rotatable bonds is 4. The van der Waals surface area contributed by atoms with Crippen LogP contribution in [0.25, 0.3) is 10.9 Å². The zero-order valence-corrected chi connectivity index (χ0v) is 17.1. The number of ether oxygens (including phenoxy) is 2. The van der Waals surface area contributed by atoms with Crippen LogP contribution in [-0.4, -0.2) is 29.8 Å². The first-order chi connectivity index (χ1) is 15.1. The minimum absolute atomic E-state index is 0.241. The normalized spacial score (nSPS) is 12.6. The molecule has 2 amide bonds. The van der Waals surface area contributed by atoms with Crippen molar-refractivity contribution in [3.63, 3.8) is 0 Å². The van der Waals surface area contributed by atoms with E-state index in [0.717, 1.165) is 34.3 Å². The van der Waals surface area contributed by atoms with Crippen molar-refractivity contribution in [3.05, 3.63) is 66.1 Å². The number of methoxy groups -OCH3 is 1. The molecule has 8 heteroatoms. The molecule has 156 valence electrons. The fourth-order valence-electron chi connectivity index (χ4n) is 3.70. The molecule has 0 saturated carbocycles. The summed E-state index contributed by atoms with van der Waals surface area (Å²) in [5.41, 5.74) is 2.70. The van der Waals surface area contributed by atoms with Crippen molar-refractivity contribution in [2.45, 2.75) is 13.3 Å². The molecule has 1 aliphatic rings. The summed E-state index contributed by atoms with van der Waals surface area (Å²) in [6.07, 6.45) is 2.45. The summed E-state index contributed by atoms with van der Waals surface area (Å²) >= 11 is 0. The Bertz CT molecular complexity index is 1280. The molecule has 1 N–H and O–H groups in total. The number of hydrogen-bond acceptors (Lipinski definition) is 6. The zero-order chi connectivity index (χ0) is 21.4. The molecule has 3 heterocycles. The molecule has 0 spiro atoms. The van der Waals surface area contributed by atoms with Gasteiger partial charge >= 0.3 is 6.03 Å². The minimum Gasteiger partial charge on any atom is -0.497 e. The van der Waals surface area contributed by atoms with Crippen molar-refractivity contribution < 1.29 is 18.8 Å². The SMILES string of the molecule is COc1ccc2c(Oc3ccc4c(c3)CCN4C(=O)Nc3cc(C)on3)ccnc2c1. The van der Waals surface area contributed by atoms with Gasteiger partial charge < -0.3 is 14.0 Å².